The van der Waals surface area contributed by atoms with Crippen LogP contribution in [-0.2, 0) is 0 Å². The minimum atomic E-state index is -0.333. The van der Waals surface area contributed by atoms with E-state index in [4.69, 9.17) is 23.2 Å². The van der Waals surface area contributed by atoms with E-state index >= 15 is 0 Å². The lowest BCUT2D eigenvalue weighted by atomic mass is 10.2. The highest BCUT2D eigenvalue weighted by Crippen LogP contribution is 2.12. The normalized spacial score (nSPS) is 12.5. The smallest absolute Gasteiger partial charge is 0.271 e. The number of anilines is 1. The summed E-state index contributed by atoms with van der Waals surface area (Å²) in [6.45, 7) is 2.65. The lowest BCUT2D eigenvalue weighted by Crippen LogP contribution is -2.12. The Morgan fingerprint density at radius 1 is 1.67 bits per heavy atom. The van der Waals surface area contributed by atoms with Crippen molar-refractivity contribution < 1.29 is 0 Å². The van der Waals surface area contributed by atoms with Crippen LogP contribution < -0.4 is 10.9 Å². The molecule has 6 heteroatoms. The van der Waals surface area contributed by atoms with Gasteiger partial charge in [0.15, 0.2) is 5.82 Å². The fourth-order valence-electron chi connectivity index (χ4n) is 1.10. The first-order valence-corrected chi connectivity index (χ1v) is 5.54. The molecule has 0 saturated carbocycles. The number of aromatic amines is 1. The summed E-state index contributed by atoms with van der Waals surface area (Å²) in [4.78, 5) is 17.4. The summed E-state index contributed by atoms with van der Waals surface area (Å²) in [5, 5.41) is 3.24. The van der Waals surface area contributed by atoms with Crippen molar-refractivity contribution in [2.24, 2.45) is 0 Å². The molecular formula is C9H13Cl2N3O. The Kier molecular flexibility index (Phi) is 4.91. The zero-order chi connectivity index (χ0) is 11.3. The van der Waals surface area contributed by atoms with Crippen molar-refractivity contribution in [1.82, 2.24) is 9.97 Å². The van der Waals surface area contributed by atoms with E-state index in [0.29, 0.717) is 12.4 Å². The second kappa shape index (κ2) is 5.98. The van der Waals surface area contributed by atoms with Crippen molar-refractivity contribution in [1.29, 1.82) is 0 Å². The summed E-state index contributed by atoms with van der Waals surface area (Å²) < 4.78 is 0. The average Bonchev–Trinajstić information content (AvgIpc) is 2.18. The molecule has 0 aliphatic carbocycles. The Bertz CT molecular complexity index is 365. The number of hydrogen-bond acceptors (Lipinski definition) is 3. The van der Waals surface area contributed by atoms with E-state index in [9.17, 15) is 4.79 Å². The van der Waals surface area contributed by atoms with Crippen molar-refractivity contribution in [3.05, 3.63) is 21.7 Å². The van der Waals surface area contributed by atoms with Gasteiger partial charge in [-0.25, -0.2) is 4.98 Å². The molecule has 1 heterocycles. The van der Waals surface area contributed by atoms with Crippen molar-refractivity contribution >= 4 is 29.0 Å². The molecule has 1 aromatic rings. The first kappa shape index (κ1) is 12.3. The first-order valence-electron chi connectivity index (χ1n) is 4.72. The van der Waals surface area contributed by atoms with Crippen LogP contribution in [0, 0.1) is 0 Å². The molecule has 1 unspecified atom stereocenters. The van der Waals surface area contributed by atoms with Gasteiger partial charge >= 0.3 is 0 Å². The van der Waals surface area contributed by atoms with Crippen molar-refractivity contribution in [2.75, 3.05) is 11.9 Å². The predicted octanol–water partition coefficient (Wildman–Crippen LogP) is 2.24. The van der Waals surface area contributed by atoms with Crippen LogP contribution in [0.2, 0.25) is 5.02 Å². The topological polar surface area (TPSA) is 57.8 Å². The largest absolute Gasteiger partial charge is 0.369 e. The predicted molar refractivity (Wildman–Crippen MR) is 62.9 cm³/mol. The van der Waals surface area contributed by atoms with Crippen LogP contribution in [0.1, 0.15) is 19.8 Å². The Labute approximate surface area is 98.0 Å². The van der Waals surface area contributed by atoms with Crippen LogP contribution in [0.3, 0.4) is 0 Å². The highest BCUT2D eigenvalue weighted by atomic mass is 35.5. The summed E-state index contributed by atoms with van der Waals surface area (Å²) in [5.41, 5.74) is -0.333. The number of alkyl halides is 1. The molecule has 84 valence electrons. The molecule has 0 amide bonds. The van der Waals surface area contributed by atoms with Gasteiger partial charge in [-0.05, 0) is 19.8 Å². The molecule has 1 aromatic heterocycles. The molecule has 2 N–H and O–H groups in total. The zero-order valence-electron chi connectivity index (χ0n) is 8.39. The SMILES string of the molecule is CC(Cl)CCCNc1nc[nH]c(=O)c1Cl. The number of nitrogens with one attached hydrogen (secondary N) is 2. The second-order valence-electron chi connectivity index (χ2n) is 3.24. The van der Waals surface area contributed by atoms with Crippen LogP contribution in [0.15, 0.2) is 11.1 Å². The third kappa shape index (κ3) is 4.10. The van der Waals surface area contributed by atoms with Gasteiger partial charge in [-0.1, -0.05) is 11.6 Å². The highest BCUT2D eigenvalue weighted by molar-refractivity contribution is 6.32. The average molecular weight is 250 g/mol. The van der Waals surface area contributed by atoms with Gasteiger partial charge < -0.3 is 10.3 Å². The molecule has 0 spiro atoms. The Morgan fingerprint density at radius 3 is 3.07 bits per heavy atom. The van der Waals surface area contributed by atoms with Gasteiger partial charge in [0.05, 0.1) is 6.33 Å². The fourth-order valence-corrected chi connectivity index (χ4v) is 1.42. The molecule has 0 aliphatic heterocycles. The molecule has 0 aromatic carbocycles. The third-order valence-electron chi connectivity index (χ3n) is 1.87. The molecule has 4 nitrogen and oxygen atoms in total. The van der Waals surface area contributed by atoms with Gasteiger partial charge in [0.2, 0.25) is 0 Å². The molecule has 0 saturated heterocycles. The molecule has 0 radical (unpaired) electrons. The number of H-pyrrole nitrogens is 1. The van der Waals surface area contributed by atoms with Crippen LogP contribution in [0.5, 0.6) is 0 Å². The van der Waals surface area contributed by atoms with E-state index < -0.39 is 0 Å². The van der Waals surface area contributed by atoms with E-state index in [1.54, 1.807) is 0 Å². The summed E-state index contributed by atoms with van der Waals surface area (Å²) in [6.07, 6.45) is 3.14. The molecule has 15 heavy (non-hydrogen) atoms. The number of nitrogens with zero attached hydrogens (tertiary/aromatic N) is 1. The van der Waals surface area contributed by atoms with Gasteiger partial charge in [-0.2, -0.15) is 0 Å². The Morgan fingerprint density at radius 2 is 2.40 bits per heavy atom. The lowest BCUT2D eigenvalue weighted by molar-refractivity contribution is 0.748. The Hall–Kier alpha value is -0.740. The third-order valence-corrected chi connectivity index (χ3v) is 2.44. The Balaban J connectivity index is 2.44. The van der Waals surface area contributed by atoms with E-state index in [0.717, 1.165) is 12.8 Å². The van der Waals surface area contributed by atoms with E-state index in [2.05, 4.69) is 15.3 Å². The maximum Gasteiger partial charge on any atom is 0.271 e. The molecule has 0 bridgehead atoms. The minimum Gasteiger partial charge on any atom is -0.369 e. The maximum atomic E-state index is 11.1. The van der Waals surface area contributed by atoms with E-state index in [1.165, 1.54) is 6.33 Å². The number of rotatable bonds is 5. The monoisotopic (exact) mass is 249 g/mol. The van der Waals surface area contributed by atoms with Crippen LogP contribution in [-0.4, -0.2) is 21.9 Å². The zero-order valence-corrected chi connectivity index (χ0v) is 9.90. The van der Waals surface area contributed by atoms with E-state index in [1.807, 2.05) is 6.92 Å². The van der Waals surface area contributed by atoms with Crippen molar-refractivity contribution in [2.45, 2.75) is 25.1 Å². The lowest BCUT2D eigenvalue weighted by Gasteiger charge is -2.06. The van der Waals surface area contributed by atoms with Crippen LogP contribution in [0.4, 0.5) is 5.82 Å². The van der Waals surface area contributed by atoms with Gasteiger partial charge in [0.25, 0.3) is 5.56 Å². The van der Waals surface area contributed by atoms with E-state index in [-0.39, 0.29) is 16.0 Å². The first-order chi connectivity index (χ1) is 7.11. The quantitative estimate of drug-likeness (QED) is 0.622. The summed E-state index contributed by atoms with van der Waals surface area (Å²) in [6, 6.07) is 0. The van der Waals surface area contributed by atoms with Gasteiger partial charge in [-0.3, -0.25) is 4.79 Å². The van der Waals surface area contributed by atoms with Gasteiger partial charge in [-0.15, -0.1) is 11.6 Å². The minimum absolute atomic E-state index is 0.0939. The van der Waals surface area contributed by atoms with Gasteiger partial charge in [0.1, 0.15) is 5.02 Å². The fraction of sp³-hybridized carbons (Fsp3) is 0.556. The van der Waals surface area contributed by atoms with Crippen molar-refractivity contribution in [3.63, 3.8) is 0 Å². The molecule has 0 aliphatic rings. The van der Waals surface area contributed by atoms with Crippen LogP contribution >= 0.6 is 23.2 Å². The number of halogens is 2. The van der Waals surface area contributed by atoms with Gasteiger partial charge in [0, 0.05) is 11.9 Å². The molecular weight excluding hydrogens is 237 g/mol. The van der Waals surface area contributed by atoms with Crippen molar-refractivity contribution in [3.8, 4) is 0 Å². The molecule has 1 atom stereocenters. The summed E-state index contributed by atoms with van der Waals surface area (Å²) >= 11 is 11.5. The number of aromatic nitrogens is 2. The second-order valence-corrected chi connectivity index (χ2v) is 4.37. The summed E-state index contributed by atoms with van der Waals surface area (Å²) in [7, 11) is 0. The molecule has 0 fully saturated rings. The molecule has 1 rings (SSSR count). The number of hydrogen-bond donors (Lipinski definition) is 2. The standard InChI is InChI=1S/C9H13Cl2N3O/c1-6(10)3-2-4-12-8-7(11)9(15)14-5-13-8/h5-6H,2-4H2,1H3,(H2,12,13,14,15). The van der Waals surface area contributed by atoms with Crippen LogP contribution in [0.25, 0.3) is 0 Å². The highest BCUT2D eigenvalue weighted by Gasteiger charge is 2.04. The summed E-state index contributed by atoms with van der Waals surface area (Å²) in [5.74, 6) is 0.419. The maximum absolute atomic E-state index is 11.1.